The monoisotopic (exact) mass is 216 g/mol. The van der Waals surface area contributed by atoms with Crippen molar-refractivity contribution in [3.63, 3.8) is 0 Å². The number of methoxy groups -OCH3 is 1. The molecule has 0 aromatic rings. The van der Waals surface area contributed by atoms with E-state index >= 15 is 0 Å². The van der Waals surface area contributed by atoms with Crippen molar-refractivity contribution in [1.82, 2.24) is 0 Å². The summed E-state index contributed by atoms with van der Waals surface area (Å²) in [5.74, 6) is -0.135. The van der Waals surface area contributed by atoms with Gasteiger partial charge in [0.1, 0.15) is 0 Å². The highest BCUT2D eigenvalue weighted by atomic mass is 16.5. The molecule has 0 aromatic carbocycles. The predicted molar refractivity (Wildman–Crippen MR) is 61.3 cm³/mol. The number of carbonyl (C=O) groups is 1. The number of rotatable bonds is 8. The zero-order chi connectivity index (χ0) is 11.7. The summed E-state index contributed by atoms with van der Waals surface area (Å²) in [7, 11) is 1.42. The average Bonchev–Trinajstić information content (AvgIpc) is 2.26. The lowest BCUT2D eigenvalue weighted by atomic mass is 10.0. The van der Waals surface area contributed by atoms with Crippen LogP contribution in [0.3, 0.4) is 0 Å². The average molecular weight is 216 g/mol. The largest absolute Gasteiger partial charge is 0.469 e. The molecule has 0 aliphatic heterocycles. The molecule has 0 aliphatic rings. The van der Waals surface area contributed by atoms with Gasteiger partial charge in [0.15, 0.2) is 0 Å². The predicted octanol–water partition coefficient (Wildman–Crippen LogP) is 1.17. The Bertz CT molecular complexity index is 174. The number of ether oxygens (including phenoxy) is 1. The van der Waals surface area contributed by atoms with Gasteiger partial charge in [-0.1, -0.05) is 19.8 Å². The summed E-state index contributed by atoms with van der Waals surface area (Å²) in [5.41, 5.74) is 11.7. The van der Waals surface area contributed by atoms with Crippen molar-refractivity contribution >= 4 is 5.97 Å². The lowest BCUT2D eigenvalue weighted by Gasteiger charge is -2.17. The first-order chi connectivity index (χ1) is 7.11. The fourth-order valence-electron chi connectivity index (χ4n) is 1.45. The Labute approximate surface area is 92.3 Å². The van der Waals surface area contributed by atoms with Gasteiger partial charge >= 0.3 is 5.97 Å². The molecule has 90 valence electrons. The normalized spacial score (nSPS) is 14.7. The van der Waals surface area contributed by atoms with E-state index in [1.165, 1.54) is 7.11 Å². The maximum Gasteiger partial charge on any atom is 0.305 e. The summed E-state index contributed by atoms with van der Waals surface area (Å²) in [6, 6.07) is 0.193. The molecule has 0 radical (unpaired) electrons. The summed E-state index contributed by atoms with van der Waals surface area (Å²) >= 11 is 0. The number of esters is 1. The summed E-state index contributed by atoms with van der Waals surface area (Å²) in [6.07, 6.45) is 5.29. The van der Waals surface area contributed by atoms with E-state index in [9.17, 15) is 4.79 Å². The summed E-state index contributed by atoms with van der Waals surface area (Å²) < 4.78 is 4.55. The van der Waals surface area contributed by atoms with Gasteiger partial charge in [-0.2, -0.15) is 0 Å². The highest BCUT2D eigenvalue weighted by Crippen LogP contribution is 2.07. The molecule has 0 amide bonds. The van der Waals surface area contributed by atoms with Crippen LogP contribution in [0.1, 0.15) is 45.4 Å². The second kappa shape index (κ2) is 8.68. The molecule has 0 aromatic heterocycles. The van der Waals surface area contributed by atoms with Gasteiger partial charge in [-0.25, -0.2) is 0 Å². The zero-order valence-corrected chi connectivity index (χ0v) is 9.87. The van der Waals surface area contributed by atoms with Gasteiger partial charge in [0.25, 0.3) is 0 Å². The molecule has 15 heavy (non-hydrogen) atoms. The van der Waals surface area contributed by atoms with Gasteiger partial charge in [-0.3, -0.25) is 4.79 Å². The van der Waals surface area contributed by atoms with Crippen LogP contribution in [0.25, 0.3) is 0 Å². The van der Waals surface area contributed by atoms with Gasteiger partial charge in [-0.05, 0) is 19.3 Å². The molecule has 4 heteroatoms. The minimum absolute atomic E-state index is 0.0909. The molecule has 0 bridgehead atoms. The molecule has 0 fully saturated rings. The van der Waals surface area contributed by atoms with E-state index in [2.05, 4.69) is 4.74 Å². The Morgan fingerprint density at radius 2 is 1.87 bits per heavy atom. The van der Waals surface area contributed by atoms with Crippen molar-refractivity contribution in [2.24, 2.45) is 11.5 Å². The molecule has 2 atom stereocenters. The van der Waals surface area contributed by atoms with Crippen molar-refractivity contribution in [3.05, 3.63) is 0 Å². The Kier molecular flexibility index (Phi) is 8.33. The summed E-state index contributed by atoms with van der Waals surface area (Å²) in [4.78, 5) is 10.8. The van der Waals surface area contributed by atoms with Crippen LogP contribution < -0.4 is 11.5 Å². The first kappa shape index (κ1) is 14.4. The van der Waals surface area contributed by atoms with E-state index in [0.717, 1.165) is 32.1 Å². The SMILES string of the molecule is CCC(N)C(N)CCCCCC(=O)OC. The Hall–Kier alpha value is -0.610. The Balaban J connectivity index is 3.34. The van der Waals surface area contributed by atoms with Crippen LogP contribution in [0.4, 0.5) is 0 Å². The minimum Gasteiger partial charge on any atom is -0.469 e. The van der Waals surface area contributed by atoms with Gasteiger partial charge in [0, 0.05) is 18.5 Å². The second-order valence-corrected chi connectivity index (χ2v) is 3.91. The molecule has 0 saturated carbocycles. The molecule has 0 rings (SSSR count). The molecule has 0 aliphatic carbocycles. The van der Waals surface area contributed by atoms with E-state index in [1.54, 1.807) is 0 Å². The van der Waals surface area contributed by atoms with Gasteiger partial charge < -0.3 is 16.2 Å². The smallest absolute Gasteiger partial charge is 0.305 e. The number of hydrogen-bond acceptors (Lipinski definition) is 4. The summed E-state index contributed by atoms with van der Waals surface area (Å²) in [6.45, 7) is 2.04. The molecular formula is C11H24N2O2. The molecule has 0 spiro atoms. The Morgan fingerprint density at radius 1 is 1.20 bits per heavy atom. The van der Waals surface area contributed by atoms with E-state index in [0.29, 0.717) is 6.42 Å². The van der Waals surface area contributed by atoms with E-state index in [-0.39, 0.29) is 18.1 Å². The van der Waals surface area contributed by atoms with Crippen LogP contribution in [0.5, 0.6) is 0 Å². The highest BCUT2D eigenvalue weighted by molar-refractivity contribution is 5.68. The summed E-state index contributed by atoms with van der Waals surface area (Å²) in [5, 5.41) is 0. The van der Waals surface area contributed by atoms with Crippen LogP contribution in [0.2, 0.25) is 0 Å². The molecule has 2 unspecified atom stereocenters. The van der Waals surface area contributed by atoms with Gasteiger partial charge in [0.05, 0.1) is 7.11 Å². The van der Waals surface area contributed by atoms with Crippen LogP contribution in [-0.2, 0) is 9.53 Å². The van der Waals surface area contributed by atoms with Crippen molar-refractivity contribution in [1.29, 1.82) is 0 Å². The van der Waals surface area contributed by atoms with Crippen molar-refractivity contribution in [2.45, 2.75) is 57.5 Å². The lowest BCUT2D eigenvalue weighted by Crippen LogP contribution is -2.40. The fourth-order valence-corrected chi connectivity index (χ4v) is 1.45. The van der Waals surface area contributed by atoms with E-state index in [4.69, 9.17) is 11.5 Å². The number of carbonyl (C=O) groups excluding carboxylic acids is 1. The number of hydrogen-bond donors (Lipinski definition) is 2. The van der Waals surface area contributed by atoms with Crippen molar-refractivity contribution in [3.8, 4) is 0 Å². The molecule has 4 nitrogen and oxygen atoms in total. The molecular weight excluding hydrogens is 192 g/mol. The number of unbranched alkanes of at least 4 members (excludes halogenated alkanes) is 2. The third kappa shape index (κ3) is 7.33. The third-order valence-corrected chi connectivity index (χ3v) is 2.67. The highest BCUT2D eigenvalue weighted by Gasteiger charge is 2.10. The van der Waals surface area contributed by atoms with Crippen LogP contribution in [0, 0.1) is 0 Å². The van der Waals surface area contributed by atoms with Crippen molar-refractivity contribution < 1.29 is 9.53 Å². The first-order valence-electron chi connectivity index (χ1n) is 5.69. The Morgan fingerprint density at radius 3 is 2.40 bits per heavy atom. The molecule has 0 heterocycles. The first-order valence-corrected chi connectivity index (χ1v) is 5.69. The quantitative estimate of drug-likeness (QED) is 0.471. The third-order valence-electron chi connectivity index (χ3n) is 2.67. The molecule has 4 N–H and O–H groups in total. The van der Waals surface area contributed by atoms with E-state index in [1.807, 2.05) is 6.92 Å². The van der Waals surface area contributed by atoms with Gasteiger partial charge in [0.2, 0.25) is 0 Å². The lowest BCUT2D eigenvalue weighted by molar-refractivity contribution is -0.140. The number of nitrogens with two attached hydrogens (primary N) is 2. The second-order valence-electron chi connectivity index (χ2n) is 3.91. The van der Waals surface area contributed by atoms with Gasteiger partial charge in [-0.15, -0.1) is 0 Å². The zero-order valence-electron chi connectivity index (χ0n) is 9.87. The van der Waals surface area contributed by atoms with Crippen LogP contribution >= 0.6 is 0 Å². The van der Waals surface area contributed by atoms with Crippen LogP contribution in [0.15, 0.2) is 0 Å². The topological polar surface area (TPSA) is 78.3 Å². The van der Waals surface area contributed by atoms with E-state index < -0.39 is 0 Å². The minimum atomic E-state index is -0.135. The fraction of sp³-hybridized carbons (Fsp3) is 0.909. The maximum atomic E-state index is 10.8. The van der Waals surface area contributed by atoms with Crippen LogP contribution in [-0.4, -0.2) is 25.2 Å². The van der Waals surface area contributed by atoms with Crippen molar-refractivity contribution in [2.75, 3.05) is 7.11 Å². The molecule has 0 saturated heterocycles. The maximum absolute atomic E-state index is 10.8. The standard InChI is InChI=1S/C11H24N2O2/c1-3-9(12)10(13)7-5-4-6-8-11(14)15-2/h9-10H,3-8,12-13H2,1-2H3.